The first-order valence-electron chi connectivity index (χ1n) is 7.45. The van der Waals surface area contributed by atoms with Crippen LogP contribution >= 0.6 is 0 Å². The average Bonchev–Trinajstić information content (AvgIpc) is 2.55. The molecular formula is C20H17N. The van der Waals surface area contributed by atoms with Crippen LogP contribution in [0.5, 0.6) is 0 Å². The molecule has 21 heavy (non-hydrogen) atoms. The molecule has 3 aromatic carbocycles. The predicted octanol–water partition coefficient (Wildman–Crippen LogP) is 5.64. The zero-order valence-electron chi connectivity index (χ0n) is 11.8. The third-order valence-corrected chi connectivity index (χ3v) is 4.03. The van der Waals surface area contributed by atoms with E-state index in [9.17, 15) is 0 Å². The molecule has 0 unspecified atom stereocenters. The second-order valence-corrected chi connectivity index (χ2v) is 5.49. The van der Waals surface area contributed by atoms with E-state index >= 15 is 0 Å². The molecule has 0 saturated carbocycles. The van der Waals surface area contributed by atoms with Gasteiger partial charge >= 0.3 is 0 Å². The lowest BCUT2D eigenvalue weighted by molar-refractivity contribution is 1.02. The molecule has 1 heteroatoms. The number of anilines is 1. The minimum absolute atomic E-state index is 1.12. The Morgan fingerprint density at radius 3 is 2.52 bits per heavy atom. The standard InChI is InChI=1S/C20H17N/c1-2-7-17(8-3-1)21-18-12-13-20-16(14-18)11-10-15-6-4-5-9-19(15)20/h2,4-14,21H,1,3H2. The maximum absolute atomic E-state index is 3.50. The van der Waals surface area contributed by atoms with Crippen molar-refractivity contribution in [2.24, 2.45) is 0 Å². The SMILES string of the molecule is C1=CC(Nc2ccc3c(ccc4ccccc43)c2)=CCC1. The molecule has 1 N–H and O–H groups in total. The molecule has 0 heterocycles. The Hall–Kier alpha value is -2.54. The van der Waals surface area contributed by atoms with Gasteiger partial charge in [-0.15, -0.1) is 0 Å². The second kappa shape index (κ2) is 5.10. The molecule has 0 saturated heterocycles. The van der Waals surface area contributed by atoms with Crippen LogP contribution in [0.15, 0.2) is 78.5 Å². The van der Waals surface area contributed by atoms with Gasteiger partial charge < -0.3 is 5.32 Å². The number of hydrogen-bond acceptors (Lipinski definition) is 1. The van der Waals surface area contributed by atoms with Gasteiger partial charge in [0.05, 0.1) is 0 Å². The van der Waals surface area contributed by atoms with Crippen LogP contribution in [0.3, 0.4) is 0 Å². The van der Waals surface area contributed by atoms with E-state index < -0.39 is 0 Å². The van der Waals surface area contributed by atoms with E-state index in [-0.39, 0.29) is 0 Å². The van der Waals surface area contributed by atoms with Crippen LogP contribution in [-0.2, 0) is 0 Å². The summed E-state index contributed by atoms with van der Waals surface area (Å²) >= 11 is 0. The Kier molecular flexibility index (Phi) is 2.97. The summed E-state index contributed by atoms with van der Waals surface area (Å²) in [7, 11) is 0. The summed E-state index contributed by atoms with van der Waals surface area (Å²) in [4.78, 5) is 0. The fraction of sp³-hybridized carbons (Fsp3) is 0.100. The lowest BCUT2D eigenvalue weighted by Gasteiger charge is -2.12. The van der Waals surface area contributed by atoms with Gasteiger partial charge in [-0.2, -0.15) is 0 Å². The number of nitrogens with one attached hydrogen (secondary N) is 1. The highest BCUT2D eigenvalue weighted by Gasteiger charge is 2.03. The van der Waals surface area contributed by atoms with Crippen LogP contribution in [0.4, 0.5) is 5.69 Å². The minimum Gasteiger partial charge on any atom is -0.356 e. The van der Waals surface area contributed by atoms with Crippen molar-refractivity contribution in [2.45, 2.75) is 12.8 Å². The van der Waals surface area contributed by atoms with Crippen LogP contribution in [0.1, 0.15) is 12.8 Å². The molecule has 0 radical (unpaired) electrons. The summed E-state index contributed by atoms with van der Waals surface area (Å²) in [5.74, 6) is 0. The van der Waals surface area contributed by atoms with Gasteiger partial charge in [0.25, 0.3) is 0 Å². The molecule has 0 fully saturated rings. The monoisotopic (exact) mass is 271 g/mol. The topological polar surface area (TPSA) is 12.0 Å². The van der Waals surface area contributed by atoms with Gasteiger partial charge in [0, 0.05) is 11.4 Å². The van der Waals surface area contributed by atoms with Crippen LogP contribution in [0.2, 0.25) is 0 Å². The van der Waals surface area contributed by atoms with E-state index in [0.29, 0.717) is 0 Å². The van der Waals surface area contributed by atoms with Crippen molar-refractivity contribution in [1.29, 1.82) is 0 Å². The molecule has 3 aromatic rings. The molecule has 0 aliphatic heterocycles. The van der Waals surface area contributed by atoms with Gasteiger partial charge in [-0.05, 0) is 52.6 Å². The van der Waals surface area contributed by atoms with Crippen molar-refractivity contribution in [2.75, 3.05) is 5.32 Å². The quantitative estimate of drug-likeness (QED) is 0.595. The summed E-state index contributed by atoms with van der Waals surface area (Å²) in [6.07, 6.45) is 8.90. The lowest BCUT2D eigenvalue weighted by Crippen LogP contribution is -1.98. The molecular weight excluding hydrogens is 254 g/mol. The molecule has 1 nitrogen and oxygen atoms in total. The maximum Gasteiger partial charge on any atom is 0.0390 e. The van der Waals surface area contributed by atoms with Crippen LogP contribution in [0, 0.1) is 0 Å². The molecule has 0 bridgehead atoms. The van der Waals surface area contributed by atoms with E-state index in [1.54, 1.807) is 0 Å². The Morgan fingerprint density at radius 1 is 0.762 bits per heavy atom. The van der Waals surface area contributed by atoms with Gasteiger partial charge in [-0.1, -0.05) is 54.6 Å². The van der Waals surface area contributed by atoms with Crippen LogP contribution in [-0.4, -0.2) is 0 Å². The molecule has 1 aliphatic rings. The van der Waals surface area contributed by atoms with Gasteiger partial charge in [0.2, 0.25) is 0 Å². The maximum atomic E-state index is 3.50. The lowest BCUT2D eigenvalue weighted by atomic mass is 10.0. The molecule has 0 atom stereocenters. The zero-order chi connectivity index (χ0) is 14.1. The summed E-state index contributed by atoms with van der Waals surface area (Å²) in [6.45, 7) is 0. The molecule has 0 spiro atoms. The second-order valence-electron chi connectivity index (χ2n) is 5.49. The van der Waals surface area contributed by atoms with Crippen LogP contribution < -0.4 is 5.32 Å². The average molecular weight is 271 g/mol. The van der Waals surface area contributed by atoms with E-state index in [1.165, 1.54) is 27.2 Å². The summed E-state index contributed by atoms with van der Waals surface area (Å²) in [5, 5.41) is 8.70. The Balaban J connectivity index is 1.78. The first kappa shape index (κ1) is 12.2. The van der Waals surface area contributed by atoms with E-state index in [1.807, 2.05) is 0 Å². The van der Waals surface area contributed by atoms with E-state index in [4.69, 9.17) is 0 Å². The fourth-order valence-corrected chi connectivity index (χ4v) is 2.96. The molecule has 0 amide bonds. The predicted molar refractivity (Wildman–Crippen MR) is 91.5 cm³/mol. The number of rotatable bonds is 2. The van der Waals surface area contributed by atoms with Crippen molar-refractivity contribution in [1.82, 2.24) is 0 Å². The minimum atomic E-state index is 1.12. The summed E-state index contributed by atoms with van der Waals surface area (Å²) in [5.41, 5.74) is 2.34. The highest BCUT2D eigenvalue weighted by molar-refractivity contribution is 6.08. The van der Waals surface area contributed by atoms with Crippen molar-refractivity contribution < 1.29 is 0 Å². The van der Waals surface area contributed by atoms with Crippen molar-refractivity contribution >= 4 is 27.2 Å². The largest absolute Gasteiger partial charge is 0.356 e. The molecule has 1 aliphatic carbocycles. The number of benzene rings is 3. The Bertz CT molecular complexity index is 871. The third kappa shape index (κ3) is 2.31. The highest BCUT2D eigenvalue weighted by Crippen LogP contribution is 2.28. The smallest absolute Gasteiger partial charge is 0.0390 e. The first-order chi connectivity index (χ1) is 10.4. The van der Waals surface area contributed by atoms with Gasteiger partial charge in [-0.25, -0.2) is 0 Å². The number of allylic oxidation sites excluding steroid dienone is 3. The fourth-order valence-electron chi connectivity index (χ4n) is 2.96. The highest BCUT2D eigenvalue weighted by atomic mass is 14.9. The van der Waals surface area contributed by atoms with Gasteiger partial charge in [-0.3, -0.25) is 0 Å². The summed E-state index contributed by atoms with van der Waals surface area (Å²) < 4.78 is 0. The molecule has 4 rings (SSSR count). The van der Waals surface area contributed by atoms with Gasteiger partial charge in [0.15, 0.2) is 0 Å². The van der Waals surface area contributed by atoms with Gasteiger partial charge in [0.1, 0.15) is 0 Å². The molecule has 0 aromatic heterocycles. The van der Waals surface area contributed by atoms with Crippen LogP contribution in [0.25, 0.3) is 21.5 Å². The van der Waals surface area contributed by atoms with E-state index in [0.717, 1.165) is 18.5 Å². The third-order valence-electron chi connectivity index (χ3n) is 4.03. The zero-order valence-corrected chi connectivity index (χ0v) is 11.8. The van der Waals surface area contributed by atoms with E-state index in [2.05, 4.69) is 78.1 Å². The summed E-state index contributed by atoms with van der Waals surface area (Å²) in [6, 6.07) is 19.6. The van der Waals surface area contributed by atoms with Crippen molar-refractivity contribution in [3.8, 4) is 0 Å². The molecule has 102 valence electrons. The number of fused-ring (bicyclic) bond motifs is 3. The number of hydrogen-bond donors (Lipinski definition) is 1. The van der Waals surface area contributed by atoms with Crippen molar-refractivity contribution in [3.05, 3.63) is 78.5 Å². The first-order valence-corrected chi connectivity index (χ1v) is 7.45. The van der Waals surface area contributed by atoms with Crippen molar-refractivity contribution in [3.63, 3.8) is 0 Å². The Labute approximate surface area is 124 Å². The Morgan fingerprint density at radius 2 is 1.62 bits per heavy atom. The normalized spacial score (nSPS) is 14.4.